The predicted molar refractivity (Wildman–Crippen MR) is 163 cm³/mol. The van der Waals surface area contributed by atoms with Gasteiger partial charge in [-0.3, -0.25) is 9.48 Å². The van der Waals surface area contributed by atoms with Crippen molar-refractivity contribution < 1.29 is 49.1 Å². The Kier molecular flexibility index (Phi) is 7.96. The number of Topliss-reactive ketones (excluding diaryl/α,β-unsaturated/α-hetero) is 1. The van der Waals surface area contributed by atoms with Crippen molar-refractivity contribution in [2.45, 2.75) is 73.6 Å². The number of ketones is 1. The van der Waals surface area contributed by atoms with Crippen LogP contribution in [-0.2, 0) is 29.7 Å². The number of fused-ring (bicyclic) bond motifs is 2. The van der Waals surface area contributed by atoms with Crippen LogP contribution in [0.25, 0.3) is 11.8 Å². The van der Waals surface area contributed by atoms with Gasteiger partial charge in [0.25, 0.3) is 10.0 Å². The van der Waals surface area contributed by atoms with Gasteiger partial charge in [-0.2, -0.15) is 40.8 Å². The Morgan fingerprint density at radius 2 is 1.74 bits per heavy atom. The van der Waals surface area contributed by atoms with Gasteiger partial charge in [0.2, 0.25) is 5.78 Å². The molecule has 3 aliphatic rings. The van der Waals surface area contributed by atoms with Gasteiger partial charge < -0.3 is 5.11 Å². The van der Waals surface area contributed by atoms with Gasteiger partial charge >= 0.3 is 12.4 Å². The number of carbonyl (C=O) groups excluding carboxylic acids is 1. The number of allylic oxidation sites excluding steroid dienone is 1. The number of aryl methyl sites for hydroxylation is 1. The fraction of sp³-hybridized carbons (Fsp3) is 0.419. The largest absolute Gasteiger partial charge is 0.427 e. The van der Waals surface area contributed by atoms with Crippen LogP contribution < -0.4 is 0 Å². The molecule has 0 saturated heterocycles. The van der Waals surface area contributed by atoms with Gasteiger partial charge in [-0.15, -0.1) is 11.3 Å². The minimum Gasteiger partial charge on any atom is -0.380 e. The van der Waals surface area contributed by atoms with Crippen LogP contribution >= 0.6 is 11.3 Å². The highest BCUT2D eigenvalue weighted by Gasteiger charge is 2.65. The number of rotatable bonds is 7. The number of thiazole rings is 1. The molecule has 2 atom stereocenters. The lowest BCUT2D eigenvalue weighted by Crippen LogP contribution is -2.65. The summed E-state index contributed by atoms with van der Waals surface area (Å²) in [5.41, 5.74) is -2.84. The van der Waals surface area contributed by atoms with E-state index in [1.54, 1.807) is 6.08 Å². The third-order valence-corrected chi connectivity index (χ3v) is 12.7. The van der Waals surface area contributed by atoms with Crippen LogP contribution in [0.1, 0.15) is 58.0 Å². The van der Waals surface area contributed by atoms with Crippen LogP contribution in [0.4, 0.5) is 30.7 Å². The standard InChI is InChI=1S/C31H27F7N6O4S2/c1-42-9-8-25(41-42)50(47,48)44(22-13-29(46,14-22)31(36,37)38)21-5-2-18-10-23-17(15-40-43(23)20-6-3-19(32)4-7-20)11-28(18,12-21)26(45)27-39-16-24(49-27)30(33,34)35/h3-4,6-10,15-16,21-22,46H,2,5,11-14H2,1H3/t21-,22-,28-,29-/m0/s1. The van der Waals surface area contributed by atoms with E-state index >= 15 is 0 Å². The highest BCUT2D eigenvalue weighted by molar-refractivity contribution is 7.89. The van der Waals surface area contributed by atoms with Gasteiger partial charge in [0.1, 0.15) is 10.7 Å². The molecule has 2 fully saturated rings. The number of sulfonamides is 1. The van der Waals surface area contributed by atoms with E-state index in [1.807, 2.05) is 0 Å². The highest BCUT2D eigenvalue weighted by Crippen LogP contribution is 2.55. The molecular formula is C31H27F7N6O4S2. The minimum atomic E-state index is -5.03. The Bertz CT molecular complexity index is 2110. The van der Waals surface area contributed by atoms with Crippen molar-refractivity contribution in [1.82, 2.24) is 28.9 Å². The normalized spacial score (nSPS) is 25.5. The van der Waals surface area contributed by atoms with E-state index in [1.165, 1.54) is 59.1 Å². The zero-order valence-electron chi connectivity index (χ0n) is 25.9. The maximum atomic E-state index is 14.5. The fourth-order valence-electron chi connectivity index (χ4n) is 7.26. The zero-order valence-corrected chi connectivity index (χ0v) is 27.5. The SMILES string of the molecule is Cn1ccc(S(=O)(=O)N([C@H]2CCC3=Cc4c(cnn4-c4ccc(F)cc4)C[C@]3(C(=O)c3ncc(C(F)(F)F)s3)C2)[C@H]2C[C@@](O)(C(F)(F)F)C2)n1. The Hall–Kier alpha value is -3.94. The smallest absolute Gasteiger partial charge is 0.380 e. The van der Waals surface area contributed by atoms with E-state index in [0.717, 1.165) is 4.31 Å². The number of carbonyl (C=O) groups is 1. The summed E-state index contributed by atoms with van der Waals surface area (Å²) in [6.45, 7) is 0. The maximum Gasteiger partial charge on any atom is 0.427 e. The van der Waals surface area contributed by atoms with Crippen molar-refractivity contribution in [3.8, 4) is 5.69 Å². The number of halogens is 7. The number of alkyl halides is 6. The number of nitrogens with zero attached hydrogens (tertiary/aromatic N) is 6. The first kappa shape index (κ1) is 34.5. The van der Waals surface area contributed by atoms with E-state index in [-0.39, 0.29) is 37.0 Å². The van der Waals surface area contributed by atoms with Gasteiger partial charge in [-0.1, -0.05) is 5.57 Å². The molecule has 0 aliphatic heterocycles. The molecule has 7 rings (SSSR count). The number of hydrogen-bond donors (Lipinski definition) is 1. The summed E-state index contributed by atoms with van der Waals surface area (Å²) in [7, 11) is -3.16. The maximum absolute atomic E-state index is 14.5. The Morgan fingerprint density at radius 3 is 2.34 bits per heavy atom. The van der Waals surface area contributed by atoms with E-state index in [4.69, 9.17) is 0 Å². The summed E-state index contributed by atoms with van der Waals surface area (Å²) in [4.78, 5) is 17.2. The van der Waals surface area contributed by atoms with Gasteiger partial charge in [-0.25, -0.2) is 22.5 Å². The van der Waals surface area contributed by atoms with Gasteiger partial charge in [-0.05, 0) is 67.7 Å². The van der Waals surface area contributed by atoms with Gasteiger partial charge in [0, 0.05) is 38.2 Å². The number of aliphatic hydroxyl groups is 1. The Balaban J connectivity index is 1.33. The summed E-state index contributed by atoms with van der Waals surface area (Å²) >= 11 is 0.144. The zero-order chi connectivity index (χ0) is 36.0. The summed E-state index contributed by atoms with van der Waals surface area (Å²) in [5, 5.41) is 17.8. The molecule has 10 nitrogen and oxygen atoms in total. The van der Waals surface area contributed by atoms with E-state index in [2.05, 4.69) is 15.2 Å². The lowest BCUT2D eigenvalue weighted by Gasteiger charge is -2.53. The molecule has 4 aromatic rings. The molecule has 0 radical (unpaired) electrons. The Morgan fingerprint density at radius 1 is 1.04 bits per heavy atom. The van der Waals surface area contributed by atoms with Crippen molar-refractivity contribution in [3.05, 3.63) is 81.5 Å². The van der Waals surface area contributed by atoms with Crippen molar-refractivity contribution in [2.24, 2.45) is 12.5 Å². The summed E-state index contributed by atoms with van der Waals surface area (Å²) < 4.78 is 128. The molecule has 266 valence electrons. The van der Waals surface area contributed by atoms with Crippen LogP contribution in [-0.4, -0.2) is 72.0 Å². The molecule has 19 heteroatoms. The molecular weight excluding hydrogens is 717 g/mol. The molecule has 3 heterocycles. The summed E-state index contributed by atoms with van der Waals surface area (Å²) in [5.74, 6) is -1.28. The molecule has 50 heavy (non-hydrogen) atoms. The summed E-state index contributed by atoms with van der Waals surface area (Å²) in [6, 6.07) is 4.17. The average Bonchev–Trinajstić information content (AvgIpc) is 3.78. The molecule has 2 saturated carbocycles. The van der Waals surface area contributed by atoms with Crippen LogP contribution in [0.3, 0.4) is 0 Å². The number of aromatic nitrogens is 5. The first-order valence-electron chi connectivity index (χ1n) is 15.3. The second kappa shape index (κ2) is 11.5. The number of benzene rings is 1. The summed E-state index contributed by atoms with van der Waals surface area (Å²) in [6.07, 6.45) is -7.14. The van der Waals surface area contributed by atoms with Crippen molar-refractivity contribution in [1.29, 1.82) is 0 Å². The van der Waals surface area contributed by atoms with Crippen LogP contribution in [0.2, 0.25) is 0 Å². The van der Waals surface area contributed by atoms with Crippen molar-refractivity contribution in [2.75, 3.05) is 0 Å². The van der Waals surface area contributed by atoms with E-state index in [0.29, 0.717) is 28.7 Å². The first-order valence-corrected chi connectivity index (χ1v) is 17.5. The molecule has 1 N–H and O–H groups in total. The fourth-order valence-corrected chi connectivity index (χ4v) is 9.88. The molecule has 3 aromatic heterocycles. The molecule has 0 unspecified atom stereocenters. The van der Waals surface area contributed by atoms with E-state index in [9.17, 15) is 49.1 Å². The monoisotopic (exact) mass is 744 g/mol. The second-order valence-corrected chi connectivity index (χ2v) is 15.7. The third kappa shape index (κ3) is 5.57. The molecule has 0 spiro atoms. The van der Waals surface area contributed by atoms with Crippen molar-refractivity contribution in [3.63, 3.8) is 0 Å². The quantitative estimate of drug-likeness (QED) is 0.190. The van der Waals surface area contributed by atoms with Crippen LogP contribution in [0, 0.1) is 11.2 Å². The predicted octanol–water partition coefficient (Wildman–Crippen LogP) is 5.73. The van der Waals surface area contributed by atoms with E-state index < -0.39 is 84.8 Å². The lowest BCUT2D eigenvalue weighted by molar-refractivity contribution is -0.297. The van der Waals surface area contributed by atoms with Gasteiger partial charge in [0.15, 0.2) is 15.6 Å². The first-order chi connectivity index (χ1) is 23.3. The molecule has 0 bridgehead atoms. The Labute approximate surface area is 283 Å². The van der Waals surface area contributed by atoms with Gasteiger partial charge in [0.05, 0.1) is 29.2 Å². The molecule has 3 aliphatic carbocycles. The second-order valence-electron chi connectivity index (χ2n) is 12.9. The number of hydrogen-bond acceptors (Lipinski definition) is 8. The third-order valence-electron chi connectivity index (χ3n) is 9.75. The highest BCUT2D eigenvalue weighted by atomic mass is 32.2. The van der Waals surface area contributed by atoms with Crippen LogP contribution in [0.5, 0.6) is 0 Å². The topological polar surface area (TPSA) is 123 Å². The van der Waals surface area contributed by atoms with Crippen molar-refractivity contribution >= 4 is 33.2 Å². The minimum absolute atomic E-state index is 0.0273. The molecule has 1 aromatic carbocycles. The molecule has 0 amide bonds. The van der Waals surface area contributed by atoms with Crippen LogP contribution in [0.15, 0.2) is 59.5 Å². The lowest BCUT2D eigenvalue weighted by atomic mass is 9.60. The average molecular weight is 745 g/mol.